The summed E-state index contributed by atoms with van der Waals surface area (Å²) in [6.45, 7) is 6.99. The maximum atomic E-state index is 5.32. The van der Waals surface area contributed by atoms with E-state index < -0.39 is 0 Å². The van der Waals surface area contributed by atoms with Crippen molar-refractivity contribution >= 4 is 0 Å². The van der Waals surface area contributed by atoms with Crippen LogP contribution in [-0.4, -0.2) is 31.1 Å². The first-order valence-corrected chi connectivity index (χ1v) is 7.18. The smallest absolute Gasteiger partial charge is 0.119 e. The fourth-order valence-corrected chi connectivity index (χ4v) is 3.01. The summed E-state index contributed by atoms with van der Waals surface area (Å²) in [5.74, 6) is 0.993. The second kappa shape index (κ2) is 6.24. The molecule has 0 aliphatic heterocycles. The molecule has 18 heavy (non-hydrogen) atoms. The number of hydrogen-bond donors (Lipinski definition) is 0. The van der Waals surface area contributed by atoms with E-state index in [2.05, 4.69) is 36.9 Å². The third-order valence-corrected chi connectivity index (χ3v) is 3.86. The SMILES string of the molecule is CCCN(CCC)[C@H]1Cc2ccc(OC)cc2C1. The molecule has 0 saturated carbocycles. The van der Waals surface area contributed by atoms with Crippen molar-refractivity contribution in [3.63, 3.8) is 0 Å². The van der Waals surface area contributed by atoms with E-state index in [9.17, 15) is 0 Å². The molecule has 2 heteroatoms. The van der Waals surface area contributed by atoms with E-state index in [0.717, 1.165) is 5.75 Å². The largest absolute Gasteiger partial charge is 0.497 e. The summed E-state index contributed by atoms with van der Waals surface area (Å²) in [5, 5.41) is 0. The van der Waals surface area contributed by atoms with Crippen LogP contribution in [0.25, 0.3) is 0 Å². The zero-order valence-electron chi connectivity index (χ0n) is 11.9. The van der Waals surface area contributed by atoms with Gasteiger partial charge in [0.25, 0.3) is 0 Å². The molecule has 0 heterocycles. The van der Waals surface area contributed by atoms with Crippen molar-refractivity contribution in [2.75, 3.05) is 20.2 Å². The summed E-state index contributed by atoms with van der Waals surface area (Å²) in [6.07, 6.45) is 4.89. The maximum absolute atomic E-state index is 5.32. The Morgan fingerprint density at radius 2 is 1.78 bits per heavy atom. The van der Waals surface area contributed by atoms with Crippen molar-refractivity contribution in [2.45, 2.75) is 45.6 Å². The number of benzene rings is 1. The molecule has 0 unspecified atom stereocenters. The van der Waals surface area contributed by atoms with Gasteiger partial charge in [-0.2, -0.15) is 0 Å². The maximum Gasteiger partial charge on any atom is 0.119 e. The van der Waals surface area contributed by atoms with Crippen molar-refractivity contribution < 1.29 is 4.74 Å². The van der Waals surface area contributed by atoms with Crippen LogP contribution in [0.2, 0.25) is 0 Å². The van der Waals surface area contributed by atoms with Crippen molar-refractivity contribution in [1.82, 2.24) is 4.90 Å². The molecular weight excluding hydrogens is 222 g/mol. The Morgan fingerprint density at radius 1 is 1.11 bits per heavy atom. The number of fused-ring (bicyclic) bond motifs is 1. The summed E-state index contributed by atoms with van der Waals surface area (Å²) in [6, 6.07) is 7.24. The quantitative estimate of drug-likeness (QED) is 0.765. The molecule has 1 aliphatic rings. The summed E-state index contributed by atoms with van der Waals surface area (Å²) in [4.78, 5) is 2.66. The Labute approximate surface area is 111 Å². The molecule has 1 aromatic carbocycles. The first-order chi connectivity index (χ1) is 8.78. The van der Waals surface area contributed by atoms with Crippen LogP contribution in [-0.2, 0) is 12.8 Å². The minimum Gasteiger partial charge on any atom is -0.497 e. The van der Waals surface area contributed by atoms with Crippen molar-refractivity contribution in [1.29, 1.82) is 0 Å². The molecule has 2 nitrogen and oxygen atoms in total. The lowest BCUT2D eigenvalue weighted by atomic mass is 10.1. The molecule has 0 spiro atoms. The van der Waals surface area contributed by atoms with Gasteiger partial charge in [0.15, 0.2) is 0 Å². The van der Waals surface area contributed by atoms with Gasteiger partial charge in [-0.05, 0) is 62.0 Å². The molecule has 0 amide bonds. The molecule has 1 atom stereocenters. The van der Waals surface area contributed by atoms with Crippen LogP contribution in [0.3, 0.4) is 0 Å². The molecule has 2 rings (SSSR count). The second-order valence-electron chi connectivity index (χ2n) is 5.23. The number of rotatable bonds is 6. The van der Waals surface area contributed by atoms with Crippen molar-refractivity contribution in [2.24, 2.45) is 0 Å². The molecule has 0 N–H and O–H groups in total. The van der Waals surface area contributed by atoms with Crippen LogP contribution in [0.15, 0.2) is 18.2 Å². The first kappa shape index (κ1) is 13.4. The Morgan fingerprint density at radius 3 is 2.39 bits per heavy atom. The average Bonchev–Trinajstić information content (AvgIpc) is 2.81. The predicted molar refractivity (Wildman–Crippen MR) is 76.3 cm³/mol. The summed E-state index contributed by atoms with van der Waals surface area (Å²) in [5.41, 5.74) is 2.99. The van der Waals surface area contributed by atoms with Crippen LogP contribution in [0.4, 0.5) is 0 Å². The van der Waals surface area contributed by atoms with Crippen LogP contribution in [0.1, 0.15) is 37.8 Å². The zero-order chi connectivity index (χ0) is 13.0. The van der Waals surface area contributed by atoms with Gasteiger partial charge in [0.05, 0.1) is 7.11 Å². The number of ether oxygens (including phenoxy) is 1. The van der Waals surface area contributed by atoms with Gasteiger partial charge < -0.3 is 4.74 Å². The number of methoxy groups -OCH3 is 1. The summed E-state index contributed by atoms with van der Waals surface area (Å²) in [7, 11) is 1.74. The normalized spacial score (nSPS) is 18.1. The topological polar surface area (TPSA) is 12.5 Å². The van der Waals surface area contributed by atoms with Gasteiger partial charge in [0.1, 0.15) is 5.75 Å². The van der Waals surface area contributed by atoms with Gasteiger partial charge >= 0.3 is 0 Å². The molecule has 0 radical (unpaired) electrons. The van der Waals surface area contributed by atoms with Crippen molar-refractivity contribution in [3.05, 3.63) is 29.3 Å². The highest BCUT2D eigenvalue weighted by Crippen LogP contribution is 2.29. The number of hydrogen-bond acceptors (Lipinski definition) is 2. The van der Waals surface area contributed by atoms with Gasteiger partial charge in [-0.1, -0.05) is 19.9 Å². The Hall–Kier alpha value is -1.02. The van der Waals surface area contributed by atoms with E-state index in [-0.39, 0.29) is 0 Å². The van der Waals surface area contributed by atoms with E-state index in [1.807, 2.05) is 0 Å². The fraction of sp³-hybridized carbons (Fsp3) is 0.625. The molecule has 0 aromatic heterocycles. The highest BCUT2D eigenvalue weighted by atomic mass is 16.5. The van der Waals surface area contributed by atoms with Gasteiger partial charge in [-0.15, -0.1) is 0 Å². The lowest BCUT2D eigenvalue weighted by Gasteiger charge is -2.27. The van der Waals surface area contributed by atoms with Gasteiger partial charge in [0.2, 0.25) is 0 Å². The summed E-state index contributed by atoms with van der Waals surface area (Å²) >= 11 is 0. The third-order valence-electron chi connectivity index (χ3n) is 3.86. The Bertz CT molecular complexity index is 383. The van der Waals surface area contributed by atoms with Crippen LogP contribution < -0.4 is 4.74 Å². The highest BCUT2D eigenvalue weighted by molar-refractivity contribution is 5.40. The standard InChI is InChI=1S/C16H25NO/c1-4-8-17(9-5-2)15-10-13-6-7-16(18-3)12-14(13)11-15/h6-7,12,15H,4-5,8-11H2,1-3H3/t15-/m0/s1. The third kappa shape index (κ3) is 2.86. The van der Waals surface area contributed by atoms with Gasteiger partial charge in [-0.3, -0.25) is 4.90 Å². The van der Waals surface area contributed by atoms with Crippen LogP contribution in [0, 0.1) is 0 Å². The molecule has 0 bridgehead atoms. The van der Waals surface area contributed by atoms with E-state index in [0.29, 0.717) is 6.04 Å². The lowest BCUT2D eigenvalue weighted by Crippen LogP contribution is -2.37. The van der Waals surface area contributed by atoms with Gasteiger partial charge in [0, 0.05) is 6.04 Å². The van der Waals surface area contributed by atoms with Crippen LogP contribution in [0.5, 0.6) is 5.75 Å². The molecule has 1 aliphatic carbocycles. The molecule has 0 fully saturated rings. The zero-order valence-corrected chi connectivity index (χ0v) is 11.9. The first-order valence-electron chi connectivity index (χ1n) is 7.18. The summed E-state index contributed by atoms with van der Waals surface area (Å²) < 4.78 is 5.32. The van der Waals surface area contributed by atoms with E-state index in [4.69, 9.17) is 4.74 Å². The minimum absolute atomic E-state index is 0.701. The molecule has 0 saturated heterocycles. The predicted octanol–water partition coefficient (Wildman–Crippen LogP) is 3.28. The van der Waals surface area contributed by atoms with E-state index in [1.54, 1.807) is 7.11 Å². The van der Waals surface area contributed by atoms with Crippen LogP contribution >= 0.6 is 0 Å². The minimum atomic E-state index is 0.701. The van der Waals surface area contributed by atoms with Gasteiger partial charge in [-0.25, -0.2) is 0 Å². The molecular formula is C16H25NO. The van der Waals surface area contributed by atoms with E-state index >= 15 is 0 Å². The van der Waals surface area contributed by atoms with E-state index in [1.165, 1.54) is 49.9 Å². The number of nitrogens with zero attached hydrogens (tertiary/aromatic N) is 1. The molecule has 1 aromatic rings. The highest BCUT2D eigenvalue weighted by Gasteiger charge is 2.26. The van der Waals surface area contributed by atoms with Crippen molar-refractivity contribution in [3.8, 4) is 5.75 Å². The second-order valence-corrected chi connectivity index (χ2v) is 5.23. The molecule has 100 valence electrons. The fourth-order valence-electron chi connectivity index (χ4n) is 3.01. The average molecular weight is 247 g/mol. The Kier molecular flexibility index (Phi) is 4.65. The Balaban J connectivity index is 2.07. The lowest BCUT2D eigenvalue weighted by molar-refractivity contribution is 0.202. The monoisotopic (exact) mass is 247 g/mol.